The molecule has 0 fully saturated rings. The monoisotopic (exact) mass is 458 g/mol. The molecule has 0 spiro atoms. The van der Waals surface area contributed by atoms with Gasteiger partial charge in [0.05, 0.1) is 6.61 Å². The molecule has 32 heavy (non-hydrogen) atoms. The van der Waals surface area contributed by atoms with Gasteiger partial charge in [0, 0.05) is 13.0 Å². The first-order valence-electron chi connectivity index (χ1n) is 10.7. The highest BCUT2D eigenvalue weighted by Gasteiger charge is 2.23. The molecule has 0 aliphatic carbocycles. The molecule has 2 heterocycles. The van der Waals surface area contributed by atoms with Crippen LogP contribution < -0.4 is 0 Å². The summed E-state index contributed by atoms with van der Waals surface area (Å²) in [7, 11) is 0. The van der Waals surface area contributed by atoms with Crippen molar-refractivity contribution in [3.63, 3.8) is 0 Å². The first-order valence-corrected chi connectivity index (χ1v) is 11.1. The number of ether oxygens (including phenoxy) is 1. The Kier molecular flexibility index (Phi) is 10.1. The summed E-state index contributed by atoms with van der Waals surface area (Å²) in [5.74, 6) is 0.799. The van der Waals surface area contributed by atoms with E-state index in [-0.39, 0.29) is 10.8 Å². The number of allylic oxidation sites excluding steroid dienone is 6. The van der Waals surface area contributed by atoms with Gasteiger partial charge in [-0.15, -0.1) is 10.2 Å². The number of hydrogen-bond donors (Lipinski definition) is 1. The van der Waals surface area contributed by atoms with Crippen LogP contribution in [0.1, 0.15) is 68.6 Å². The summed E-state index contributed by atoms with van der Waals surface area (Å²) in [5, 5.41) is 14.1. The Morgan fingerprint density at radius 2 is 2.06 bits per heavy atom. The average Bonchev–Trinajstić information content (AvgIpc) is 3.41. The number of rotatable bonds is 13. The number of hydrogen-bond acceptors (Lipinski definition) is 6. The van der Waals surface area contributed by atoms with E-state index in [4.69, 9.17) is 16.3 Å². The second kappa shape index (κ2) is 12.8. The molecule has 2 aromatic heterocycles. The van der Waals surface area contributed by atoms with Crippen molar-refractivity contribution in [2.24, 2.45) is 0 Å². The molecule has 0 atom stereocenters. The maximum absolute atomic E-state index is 12.6. The number of esters is 1. The molecule has 9 heteroatoms. The van der Waals surface area contributed by atoms with Crippen molar-refractivity contribution in [1.82, 2.24) is 30.2 Å². The summed E-state index contributed by atoms with van der Waals surface area (Å²) in [5.41, 5.74) is 3.03. The molecule has 0 saturated heterocycles. The van der Waals surface area contributed by atoms with Crippen LogP contribution in [0.15, 0.2) is 42.5 Å². The predicted octanol–water partition coefficient (Wildman–Crippen LogP) is 5.12. The number of nitrogens with one attached hydrogen (secondary N) is 1. The third-order valence-electron chi connectivity index (χ3n) is 4.73. The van der Waals surface area contributed by atoms with Crippen LogP contribution in [0.4, 0.5) is 0 Å². The van der Waals surface area contributed by atoms with Gasteiger partial charge in [-0.05, 0) is 42.5 Å². The van der Waals surface area contributed by atoms with Crippen LogP contribution in [0.25, 0.3) is 5.57 Å². The van der Waals surface area contributed by atoms with Gasteiger partial charge < -0.3 is 9.30 Å². The minimum absolute atomic E-state index is 0.170. The van der Waals surface area contributed by atoms with Crippen LogP contribution in [0.3, 0.4) is 0 Å². The fourth-order valence-corrected chi connectivity index (χ4v) is 3.30. The SMILES string of the molecule is C=C/C(=C\C=C(/C)CC(=C)c1nn[nH]n1)Cn1c(CCCC)nc(Cl)c1C(=O)OCCC. The smallest absolute Gasteiger partial charge is 0.358 e. The maximum atomic E-state index is 12.6. The lowest BCUT2D eigenvalue weighted by atomic mass is 10.1. The van der Waals surface area contributed by atoms with E-state index in [0.29, 0.717) is 25.4 Å². The maximum Gasteiger partial charge on any atom is 0.358 e. The highest BCUT2D eigenvalue weighted by Crippen LogP contribution is 2.23. The molecular weight excluding hydrogens is 428 g/mol. The Bertz CT molecular complexity index is 989. The van der Waals surface area contributed by atoms with Crippen molar-refractivity contribution in [3.8, 4) is 0 Å². The number of aromatic nitrogens is 6. The highest BCUT2D eigenvalue weighted by molar-refractivity contribution is 6.32. The van der Waals surface area contributed by atoms with Gasteiger partial charge in [-0.1, -0.05) is 68.8 Å². The summed E-state index contributed by atoms with van der Waals surface area (Å²) in [6.45, 7) is 14.7. The van der Waals surface area contributed by atoms with E-state index in [1.807, 2.05) is 30.6 Å². The second-order valence-corrected chi connectivity index (χ2v) is 7.83. The van der Waals surface area contributed by atoms with Gasteiger partial charge in [-0.3, -0.25) is 0 Å². The molecule has 2 rings (SSSR count). The lowest BCUT2D eigenvalue weighted by Crippen LogP contribution is -2.16. The van der Waals surface area contributed by atoms with E-state index in [0.717, 1.165) is 48.2 Å². The van der Waals surface area contributed by atoms with Crippen molar-refractivity contribution >= 4 is 23.1 Å². The summed E-state index contributed by atoms with van der Waals surface area (Å²) in [6.07, 6.45) is 9.73. The molecule has 172 valence electrons. The highest BCUT2D eigenvalue weighted by atomic mass is 35.5. The number of carbonyl (C=O) groups excluding carboxylic acids is 1. The van der Waals surface area contributed by atoms with E-state index < -0.39 is 5.97 Å². The summed E-state index contributed by atoms with van der Waals surface area (Å²) in [6, 6.07) is 0. The number of carbonyl (C=O) groups is 1. The lowest BCUT2D eigenvalue weighted by molar-refractivity contribution is 0.0493. The first kappa shape index (κ1) is 25.3. The molecule has 0 aromatic carbocycles. The number of H-pyrrole nitrogens is 1. The van der Waals surface area contributed by atoms with E-state index in [2.05, 4.69) is 45.7 Å². The number of aryl methyl sites for hydroxylation is 1. The molecule has 0 aliphatic rings. The second-order valence-electron chi connectivity index (χ2n) is 7.47. The number of tetrazole rings is 1. The van der Waals surface area contributed by atoms with Crippen molar-refractivity contribution in [2.75, 3.05) is 6.61 Å². The van der Waals surface area contributed by atoms with E-state index in [1.165, 1.54) is 0 Å². The predicted molar refractivity (Wildman–Crippen MR) is 126 cm³/mol. The number of imidazole rings is 1. The molecule has 2 aromatic rings. The Labute approximate surface area is 194 Å². The fraction of sp³-hybridized carbons (Fsp3) is 0.435. The number of aromatic amines is 1. The van der Waals surface area contributed by atoms with E-state index in [1.54, 1.807) is 6.08 Å². The third-order valence-corrected chi connectivity index (χ3v) is 4.99. The van der Waals surface area contributed by atoms with Crippen molar-refractivity contribution in [2.45, 2.75) is 59.4 Å². The summed E-state index contributed by atoms with van der Waals surface area (Å²) < 4.78 is 7.18. The van der Waals surface area contributed by atoms with Gasteiger partial charge in [0.1, 0.15) is 5.82 Å². The minimum atomic E-state index is -0.460. The van der Waals surface area contributed by atoms with Gasteiger partial charge in [-0.25, -0.2) is 9.78 Å². The molecular formula is C23H31ClN6O2. The van der Waals surface area contributed by atoms with Crippen LogP contribution in [-0.2, 0) is 17.7 Å². The number of halogens is 1. The largest absolute Gasteiger partial charge is 0.461 e. The Hall–Kier alpha value is -3.00. The topological polar surface area (TPSA) is 98.6 Å². The molecule has 1 N–H and O–H groups in total. The normalized spacial score (nSPS) is 12.1. The van der Waals surface area contributed by atoms with Crippen molar-refractivity contribution in [3.05, 3.63) is 65.0 Å². The zero-order valence-electron chi connectivity index (χ0n) is 19.0. The fourth-order valence-electron chi connectivity index (χ4n) is 3.02. The quantitative estimate of drug-likeness (QED) is 0.330. The van der Waals surface area contributed by atoms with Crippen molar-refractivity contribution in [1.29, 1.82) is 0 Å². The van der Waals surface area contributed by atoms with Gasteiger partial charge >= 0.3 is 5.97 Å². The van der Waals surface area contributed by atoms with Crippen LogP contribution in [0.5, 0.6) is 0 Å². The van der Waals surface area contributed by atoms with Gasteiger partial charge in [0.2, 0.25) is 0 Å². The molecule has 0 aliphatic heterocycles. The standard InChI is InChI=1S/C23H31ClN6O2/c1-6-9-10-19-25-21(24)20(23(31)32-13-7-2)30(19)15-18(8-3)12-11-16(4)14-17(5)22-26-28-29-27-22/h8,11-12H,3,5-7,9-10,13-15H2,1-2,4H3,(H,26,27,28,29)/b16-11+,18-12+. The first-order chi connectivity index (χ1) is 15.4. The van der Waals surface area contributed by atoms with Crippen molar-refractivity contribution < 1.29 is 9.53 Å². The average molecular weight is 459 g/mol. The third kappa shape index (κ3) is 7.02. The lowest BCUT2D eigenvalue weighted by Gasteiger charge is -2.12. The zero-order chi connectivity index (χ0) is 23.5. The van der Waals surface area contributed by atoms with Crippen LogP contribution in [0.2, 0.25) is 5.15 Å². The van der Waals surface area contributed by atoms with Gasteiger partial charge in [-0.2, -0.15) is 5.21 Å². The van der Waals surface area contributed by atoms with Gasteiger partial charge in [0.25, 0.3) is 0 Å². The minimum Gasteiger partial charge on any atom is -0.461 e. The van der Waals surface area contributed by atoms with Crippen LogP contribution in [-0.4, -0.2) is 42.8 Å². The van der Waals surface area contributed by atoms with Gasteiger partial charge in [0.15, 0.2) is 16.7 Å². The Balaban J connectivity index is 2.26. The zero-order valence-corrected chi connectivity index (χ0v) is 19.8. The molecule has 0 bridgehead atoms. The molecule has 0 saturated carbocycles. The van der Waals surface area contributed by atoms with Crippen LogP contribution >= 0.6 is 11.6 Å². The summed E-state index contributed by atoms with van der Waals surface area (Å²) in [4.78, 5) is 17.1. The Morgan fingerprint density at radius 1 is 1.28 bits per heavy atom. The number of unbranched alkanes of at least 4 members (excludes halogenated alkanes) is 1. The number of nitrogens with zero attached hydrogens (tertiary/aromatic N) is 5. The molecule has 0 amide bonds. The molecule has 0 radical (unpaired) electrons. The molecule has 0 unspecified atom stereocenters. The van der Waals surface area contributed by atoms with E-state index >= 15 is 0 Å². The van der Waals surface area contributed by atoms with Crippen LogP contribution in [0, 0.1) is 0 Å². The Morgan fingerprint density at radius 3 is 2.69 bits per heavy atom. The molecule has 8 nitrogen and oxygen atoms in total. The summed E-state index contributed by atoms with van der Waals surface area (Å²) >= 11 is 6.34. The van der Waals surface area contributed by atoms with E-state index in [9.17, 15) is 4.79 Å².